The van der Waals surface area contributed by atoms with Gasteiger partial charge in [0.15, 0.2) is 11.3 Å². The fourth-order valence-corrected chi connectivity index (χ4v) is 5.80. The van der Waals surface area contributed by atoms with E-state index in [1.807, 2.05) is 0 Å². The van der Waals surface area contributed by atoms with Crippen LogP contribution in [0.25, 0.3) is 16.7 Å². The van der Waals surface area contributed by atoms with Gasteiger partial charge in [-0.15, -0.1) is 0 Å². The zero-order valence-electron chi connectivity index (χ0n) is 20.9. The maximum absolute atomic E-state index is 13.6. The molecule has 0 unspecified atom stereocenters. The molecule has 196 valence electrons. The number of fused-ring (bicyclic) bond motifs is 1. The Morgan fingerprint density at radius 1 is 1.08 bits per heavy atom. The average molecular weight is 509 g/mol. The molecule has 0 radical (unpaired) electrons. The van der Waals surface area contributed by atoms with Crippen LogP contribution in [0.1, 0.15) is 67.0 Å². The Labute approximate surface area is 215 Å². The number of aromatic nitrogens is 3. The molecule has 1 aromatic carbocycles. The monoisotopic (exact) mass is 508 g/mol. The molecule has 0 bridgehead atoms. The summed E-state index contributed by atoms with van der Waals surface area (Å²) in [6.07, 6.45) is 7.52. The maximum Gasteiger partial charge on any atom is 0.354 e. The van der Waals surface area contributed by atoms with Crippen LogP contribution in [0.5, 0.6) is 5.75 Å². The fourth-order valence-electron chi connectivity index (χ4n) is 5.80. The summed E-state index contributed by atoms with van der Waals surface area (Å²) in [6, 6.07) is 8.17. The van der Waals surface area contributed by atoms with Crippen LogP contribution < -0.4 is 4.74 Å². The standard InChI is InChI=1S/C28H33FN4O4/c29-20-4-6-22(7-5-20)33-27-25(26(31-33)19-2-1-3-19)24(16-23(30-27)28(34)35)37-17-18-8-12-32(13-9-18)21-10-14-36-15-11-21/h4-7,16,18-19,21H,1-3,8-15,17H2,(H,34,35). The average Bonchev–Trinajstić information content (AvgIpc) is 3.26. The van der Waals surface area contributed by atoms with Crippen LogP contribution in [-0.4, -0.2) is 69.7 Å². The normalized spacial score (nSPS) is 20.2. The van der Waals surface area contributed by atoms with Gasteiger partial charge in [0.1, 0.15) is 11.6 Å². The molecular weight excluding hydrogens is 475 g/mol. The van der Waals surface area contributed by atoms with Crippen molar-refractivity contribution in [3.63, 3.8) is 0 Å². The molecule has 0 atom stereocenters. The van der Waals surface area contributed by atoms with Gasteiger partial charge >= 0.3 is 5.97 Å². The first-order valence-corrected chi connectivity index (χ1v) is 13.4. The number of halogens is 1. The molecule has 37 heavy (non-hydrogen) atoms. The van der Waals surface area contributed by atoms with Crippen LogP contribution in [0.15, 0.2) is 30.3 Å². The fraction of sp³-hybridized carbons (Fsp3) is 0.536. The van der Waals surface area contributed by atoms with E-state index in [0.29, 0.717) is 35.7 Å². The molecule has 2 saturated heterocycles. The highest BCUT2D eigenvalue weighted by Crippen LogP contribution is 2.42. The Hall–Kier alpha value is -3.04. The molecule has 8 nitrogen and oxygen atoms in total. The Kier molecular flexibility index (Phi) is 6.82. The number of hydrogen-bond donors (Lipinski definition) is 1. The second kappa shape index (κ2) is 10.4. The van der Waals surface area contributed by atoms with Crippen molar-refractivity contribution in [2.24, 2.45) is 5.92 Å². The van der Waals surface area contributed by atoms with Crippen molar-refractivity contribution in [1.82, 2.24) is 19.7 Å². The first kappa shape index (κ1) is 24.3. The minimum absolute atomic E-state index is 0.0831. The summed E-state index contributed by atoms with van der Waals surface area (Å²) in [7, 11) is 0. The topological polar surface area (TPSA) is 89.7 Å². The molecule has 1 saturated carbocycles. The third-order valence-corrected chi connectivity index (χ3v) is 8.24. The number of aromatic carboxylic acids is 1. The number of rotatable bonds is 7. The molecule has 2 aliphatic heterocycles. The Morgan fingerprint density at radius 3 is 2.46 bits per heavy atom. The second-order valence-corrected chi connectivity index (χ2v) is 10.5. The van der Waals surface area contributed by atoms with Crippen molar-refractivity contribution in [2.75, 3.05) is 32.9 Å². The van der Waals surface area contributed by atoms with Crippen LogP contribution >= 0.6 is 0 Å². The third-order valence-electron chi connectivity index (χ3n) is 8.24. The van der Waals surface area contributed by atoms with Crippen LogP contribution in [0.3, 0.4) is 0 Å². The number of carbonyl (C=O) groups is 1. The van der Waals surface area contributed by atoms with Gasteiger partial charge in [-0.1, -0.05) is 6.42 Å². The van der Waals surface area contributed by atoms with Crippen molar-refractivity contribution in [2.45, 2.75) is 56.9 Å². The molecule has 0 amide bonds. The molecule has 3 aliphatic rings. The van der Waals surface area contributed by atoms with Crippen molar-refractivity contribution in [3.8, 4) is 11.4 Å². The van der Waals surface area contributed by atoms with Crippen molar-refractivity contribution in [1.29, 1.82) is 0 Å². The van der Waals surface area contributed by atoms with Crippen molar-refractivity contribution in [3.05, 3.63) is 47.5 Å². The van der Waals surface area contributed by atoms with Crippen molar-refractivity contribution < 1.29 is 23.8 Å². The number of hydrogen-bond acceptors (Lipinski definition) is 6. The molecule has 0 spiro atoms. The van der Waals surface area contributed by atoms with Crippen molar-refractivity contribution >= 4 is 17.0 Å². The van der Waals surface area contributed by atoms with Gasteiger partial charge in [-0.05, 0) is 81.8 Å². The summed E-state index contributed by atoms with van der Waals surface area (Å²) < 4.78 is 27.2. The van der Waals surface area contributed by atoms with Crippen LogP contribution in [-0.2, 0) is 4.74 Å². The third kappa shape index (κ3) is 4.94. The smallest absolute Gasteiger partial charge is 0.354 e. The number of nitrogens with zero attached hydrogens (tertiary/aromatic N) is 4. The summed E-state index contributed by atoms with van der Waals surface area (Å²) >= 11 is 0. The SMILES string of the molecule is O=C(O)c1cc(OCC2CCN(C3CCOCC3)CC2)c2c(C3CCC3)nn(-c3ccc(F)cc3)c2n1. The van der Waals surface area contributed by atoms with Gasteiger partial charge in [-0.25, -0.2) is 18.9 Å². The van der Waals surface area contributed by atoms with E-state index in [4.69, 9.17) is 14.6 Å². The summed E-state index contributed by atoms with van der Waals surface area (Å²) in [4.78, 5) is 19.0. The lowest BCUT2D eigenvalue weighted by atomic mass is 9.82. The van der Waals surface area contributed by atoms with Crippen LogP contribution in [0, 0.1) is 11.7 Å². The Morgan fingerprint density at radius 2 is 1.81 bits per heavy atom. The number of carboxylic acids is 1. The summed E-state index contributed by atoms with van der Waals surface area (Å²) in [5.41, 5.74) is 1.89. The van der Waals surface area contributed by atoms with Crippen LogP contribution in [0.4, 0.5) is 4.39 Å². The molecule has 1 N–H and O–H groups in total. The van der Waals surface area contributed by atoms with E-state index in [0.717, 1.165) is 82.3 Å². The highest BCUT2D eigenvalue weighted by molar-refractivity contribution is 5.94. The molecule has 6 rings (SSSR count). The van der Waals surface area contributed by atoms with Gasteiger partial charge in [0, 0.05) is 31.2 Å². The van der Waals surface area contributed by atoms with Gasteiger partial charge in [-0.2, -0.15) is 5.10 Å². The summed E-state index contributed by atoms with van der Waals surface area (Å²) in [6.45, 7) is 4.35. The second-order valence-electron chi connectivity index (χ2n) is 10.5. The van der Waals surface area contributed by atoms with E-state index in [2.05, 4.69) is 9.88 Å². The van der Waals surface area contributed by atoms with E-state index >= 15 is 0 Å². The molecule has 3 fully saturated rings. The molecular formula is C28H33FN4O4. The van der Waals surface area contributed by atoms with E-state index in [1.165, 1.54) is 12.1 Å². The van der Waals surface area contributed by atoms with Gasteiger partial charge < -0.3 is 19.5 Å². The number of carboxylic acid groups (broad SMARTS) is 1. The van der Waals surface area contributed by atoms with E-state index < -0.39 is 5.97 Å². The highest BCUT2D eigenvalue weighted by atomic mass is 19.1. The lowest BCUT2D eigenvalue weighted by molar-refractivity contribution is 0.0175. The first-order chi connectivity index (χ1) is 18.1. The largest absolute Gasteiger partial charge is 0.492 e. The zero-order valence-corrected chi connectivity index (χ0v) is 20.9. The van der Waals surface area contributed by atoms with Gasteiger partial charge in [-0.3, -0.25) is 0 Å². The Bertz CT molecular complexity index is 1260. The van der Waals surface area contributed by atoms with E-state index in [-0.39, 0.29) is 17.4 Å². The molecule has 2 aromatic heterocycles. The molecule has 3 aromatic rings. The Balaban J connectivity index is 1.28. The maximum atomic E-state index is 13.6. The molecule has 1 aliphatic carbocycles. The lowest BCUT2D eigenvalue weighted by Crippen LogP contribution is -2.44. The number of piperidine rings is 1. The number of likely N-dealkylation sites (tertiary alicyclic amines) is 1. The zero-order chi connectivity index (χ0) is 25.4. The quantitative estimate of drug-likeness (QED) is 0.491. The highest BCUT2D eigenvalue weighted by Gasteiger charge is 2.31. The molecule has 4 heterocycles. The van der Waals surface area contributed by atoms with Gasteiger partial charge in [0.2, 0.25) is 0 Å². The predicted molar refractivity (Wildman–Crippen MR) is 136 cm³/mol. The minimum Gasteiger partial charge on any atom is -0.492 e. The summed E-state index contributed by atoms with van der Waals surface area (Å²) in [5, 5.41) is 15.4. The predicted octanol–water partition coefficient (Wildman–Crippen LogP) is 4.80. The number of pyridine rings is 1. The molecule has 9 heteroatoms. The first-order valence-electron chi connectivity index (χ1n) is 13.4. The van der Waals surface area contributed by atoms with E-state index in [1.54, 1.807) is 22.9 Å². The lowest BCUT2D eigenvalue weighted by Gasteiger charge is -2.39. The minimum atomic E-state index is -1.12. The van der Waals surface area contributed by atoms with E-state index in [9.17, 15) is 14.3 Å². The summed E-state index contributed by atoms with van der Waals surface area (Å²) in [5.74, 6) is -0.234. The number of benzene rings is 1. The number of ether oxygens (including phenoxy) is 2. The van der Waals surface area contributed by atoms with Gasteiger partial charge in [0.05, 0.1) is 23.4 Å². The van der Waals surface area contributed by atoms with Crippen LogP contribution in [0.2, 0.25) is 0 Å². The van der Waals surface area contributed by atoms with Gasteiger partial charge in [0.25, 0.3) is 0 Å².